The molecule has 0 aliphatic rings. The van der Waals surface area contributed by atoms with E-state index in [4.69, 9.17) is 15.0 Å². The van der Waals surface area contributed by atoms with Gasteiger partial charge in [-0.1, -0.05) is 117 Å². The lowest BCUT2D eigenvalue weighted by atomic mass is 10.1. The maximum absolute atomic E-state index is 5.19. The van der Waals surface area contributed by atoms with Gasteiger partial charge in [0.2, 0.25) is 5.95 Å². The second-order valence-corrected chi connectivity index (χ2v) is 12.3. The first kappa shape index (κ1) is 28.2. The van der Waals surface area contributed by atoms with Crippen molar-refractivity contribution >= 4 is 43.6 Å². The van der Waals surface area contributed by atoms with Crippen molar-refractivity contribution in [1.29, 1.82) is 0 Å². The van der Waals surface area contributed by atoms with Crippen LogP contribution < -0.4 is 0 Å². The number of rotatable bonds is 6. The Balaban J connectivity index is 1.37. The van der Waals surface area contributed by atoms with Crippen LogP contribution in [0.1, 0.15) is 25.0 Å². The molecule has 0 saturated heterocycles. The summed E-state index contributed by atoms with van der Waals surface area (Å²) >= 11 is 0. The molecule has 0 amide bonds. The fraction of sp³-hybridized carbons (Fsp3) is 0.0930. The second kappa shape index (κ2) is 11.3. The number of aromatic nitrogens is 5. The van der Waals surface area contributed by atoms with Crippen LogP contribution in [0.4, 0.5) is 0 Å². The minimum Gasteiger partial charge on any atom is -0.309 e. The lowest BCUT2D eigenvalue weighted by Crippen LogP contribution is -2.06. The molecular weight excluding hydrogens is 587 g/mol. The van der Waals surface area contributed by atoms with Crippen molar-refractivity contribution < 1.29 is 0 Å². The molecule has 0 atom stereocenters. The molecule has 0 saturated carbocycles. The van der Waals surface area contributed by atoms with E-state index in [-0.39, 0.29) is 0 Å². The van der Waals surface area contributed by atoms with Crippen molar-refractivity contribution in [3.05, 3.63) is 151 Å². The highest BCUT2D eigenvalue weighted by Gasteiger charge is 2.22. The molecule has 5 nitrogen and oxygen atoms in total. The highest BCUT2D eigenvalue weighted by atomic mass is 15.2. The molecule has 6 aromatic carbocycles. The Bertz CT molecular complexity index is 2550. The predicted octanol–water partition coefficient (Wildman–Crippen LogP) is 10.5. The Morgan fingerprint density at radius 3 is 1.40 bits per heavy atom. The van der Waals surface area contributed by atoms with Crippen molar-refractivity contribution in [2.24, 2.45) is 0 Å². The quantitative estimate of drug-likeness (QED) is 0.186. The monoisotopic (exact) mass is 619 g/mol. The summed E-state index contributed by atoms with van der Waals surface area (Å²) in [4.78, 5) is 15.4. The molecule has 5 heteroatoms. The molecular formula is C43H33N5. The van der Waals surface area contributed by atoms with Gasteiger partial charge in [0, 0.05) is 38.4 Å². The van der Waals surface area contributed by atoms with Crippen molar-refractivity contribution in [3.63, 3.8) is 0 Å². The highest BCUT2D eigenvalue weighted by molar-refractivity contribution is 6.28. The SMILES string of the molecule is CCc1ccc(-c2nc(-c3ccc(CC)cc3)nc(-n3c4ccccc4c4c5c6ccccc6n(-c6ccccc6)c5ccc43)n2)cc1. The van der Waals surface area contributed by atoms with Gasteiger partial charge in [0.15, 0.2) is 11.6 Å². The maximum atomic E-state index is 5.19. The normalized spacial score (nSPS) is 11.7. The second-order valence-electron chi connectivity index (χ2n) is 12.3. The summed E-state index contributed by atoms with van der Waals surface area (Å²) < 4.78 is 4.59. The summed E-state index contributed by atoms with van der Waals surface area (Å²) in [5.74, 6) is 1.92. The highest BCUT2D eigenvalue weighted by Crippen LogP contribution is 2.42. The van der Waals surface area contributed by atoms with Gasteiger partial charge in [-0.3, -0.25) is 4.57 Å². The molecule has 9 aromatic rings. The Morgan fingerprint density at radius 2 is 0.875 bits per heavy atom. The van der Waals surface area contributed by atoms with Gasteiger partial charge in [0.1, 0.15) is 0 Å². The fourth-order valence-corrected chi connectivity index (χ4v) is 7.09. The van der Waals surface area contributed by atoms with Crippen LogP contribution in [0, 0.1) is 0 Å². The molecule has 48 heavy (non-hydrogen) atoms. The first-order chi connectivity index (χ1) is 23.7. The van der Waals surface area contributed by atoms with Crippen LogP contribution in [0.3, 0.4) is 0 Å². The van der Waals surface area contributed by atoms with Crippen LogP contribution in [0.5, 0.6) is 0 Å². The molecule has 3 aromatic heterocycles. The smallest absolute Gasteiger partial charge is 0.238 e. The van der Waals surface area contributed by atoms with E-state index in [9.17, 15) is 0 Å². The third-order valence-electron chi connectivity index (χ3n) is 9.55. The van der Waals surface area contributed by atoms with E-state index >= 15 is 0 Å². The predicted molar refractivity (Wildman–Crippen MR) is 198 cm³/mol. The van der Waals surface area contributed by atoms with Crippen LogP contribution in [0.15, 0.2) is 140 Å². The molecule has 0 unspecified atom stereocenters. The Morgan fingerprint density at radius 1 is 0.417 bits per heavy atom. The van der Waals surface area contributed by atoms with Crippen molar-refractivity contribution in [1.82, 2.24) is 24.1 Å². The zero-order valence-corrected chi connectivity index (χ0v) is 26.9. The molecule has 3 heterocycles. The first-order valence-electron chi connectivity index (χ1n) is 16.7. The summed E-state index contributed by atoms with van der Waals surface area (Å²) in [5.41, 5.74) is 10.1. The van der Waals surface area contributed by atoms with E-state index in [1.807, 2.05) is 0 Å². The van der Waals surface area contributed by atoms with Crippen LogP contribution in [0.25, 0.3) is 78.0 Å². The summed E-state index contributed by atoms with van der Waals surface area (Å²) in [6.45, 7) is 4.34. The third kappa shape index (κ3) is 4.43. The molecule has 0 spiro atoms. The molecule has 0 fully saturated rings. The van der Waals surface area contributed by atoms with E-state index in [1.165, 1.54) is 38.3 Å². The molecule has 0 N–H and O–H groups in total. The Kier molecular flexibility index (Phi) is 6.64. The summed E-state index contributed by atoms with van der Waals surface area (Å²) in [6, 6.07) is 49.5. The Labute approximate surface area is 278 Å². The van der Waals surface area contributed by atoms with Gasteiger partial charge in [-0.2, -0.15) is 9.97 Å². The van der Waals surface area contributed by atoms with E-state index in [0.29, 0.717) is 17.6 Å². The Hall–Kier alpha value is -6.07. The molecule has 230 valence electrons. The van der Waals surface area contributed by atoms with Gasteiger partial charge >= 0.3 is 0 Å². The number of para-hydroxylation sites is 3. The van der Waals surface area contributed by atoms with Crippen LogP contribution in [-0.2, 0) is 12.8 Å². The van der Waals surface area contributed by atoms with Gasteiger partial charge in [0.25, 0.3) is 0 Å². The number of aryl methyl sites for hydroxylation is 2. The minimum absolute atomic E-state index is 0.603. The number of hydrogen-bond donors (Lipinski definition) is 0. The van der Waals surface area contributed by atoms with Gasteiger partial charge in [-0.05, 0) is 60.4 Å². The van der Waals surface area contributed by atoms with Crippen molar-refractivity contribution in [2.75, 3.05) is 0 Å². The number of hydrogen-bond acceptors (Lipinski definition) is 3. The van der Waals surface area contributed by atoms with Gasteiger partial charge in [0.05, 0.1) is 22.1 Å². The molecule has 9 rings (SSSR count). The van der Waals surface area contributed by atoms with E-state index in [2.05, 4.69) is 163 Å². The van der Waals surface area contributed by atoms with Gasteiger partial charge in [-0.15, -0.1) is 0 Å². The first-order valence-corrected chi connectivity index (χ1v) is 16.7. The van der Waals surface area contributed by atoms with E-state index in [1.54, 1.807) is 0 Å². The van der Waals surface area contributed by atoms with Gasteiger partial charge in [-0.25, -0.2) is 4.98 Å². The topological polar surface area (TPSA) is 48.5 Å². The van der Waals surface area contributed by atoms with Crippen LogP contribution >= 0.6 is 0 Å². The van der Waals surface area contributed by atoms with E-state index in [0.717, 1.165) is 46.1 Å². The molecule has 0 aliphatic heterocycles. The van der Waals surface area contributed by atoms with Crippen LogP contribution in [-0.4, -0.2) is 24.1 Å². The van der Waals surface area contributed by atoms with Crippen molar-refractivity contribution in [2.45, 2.75) is 26.7 Å². The average Bonchev–Trinajstić information content (AvgIpc) is 3.68. The largest absolute Gasteiger partial charge is 0.309 e. The number of nitrogens with zero attached hydrogens (tertiary/aromatic N) is 5. The summed E-state index contributed by atoms with van der Waals surface area (Å²) in [7, 11) is 0. The number of benzene rings is 6. The van der Waals surface area contributed by atoms with Gasteiger partial charge < -0.3 is 4.57 Å². The van der Waals surface area contributed by atoms with Crippen LogP contribution in [0.2, 0.25) is 0 Å². The zero-order chi connectivity index (χ0) is 32.2. The third-order valence-corrected chi connectivity index (χ3v) is 9.55. The molecule has 0 radical (unpaired) electrons. The summed E-state index contributed by atoms with van der Waals surface area (Å²) in [5, 5.41) is 4.80. The van der Waals surface area contributed by atoms with E-state index < -0.39 is 0 Å². The molecule has 0 aliphatic carbocycles. The van der Waals surface area contributed by atoms with Crippen molar-refractivity contribution in [3.8, 4) is 34.4 Å². The number of fused-ring (bicyclic) bond motifs is 7. The average molecular weight is 620 g/mol. The minimum atomic E-state index is 0.603. The zero-order valence-electron chi connectivity index (χ0n) is 26.9. The standard InChI is InChI=1S/C43H33N5/c1-3-28-18-22-30(23-19-28)41-44-42(31-24-20-29(4-2)21-25-31)46-43(45-41)48-36-17-11-9-15-34(36)40-38(48)27-26-37-39(40)33-14-8-10-16-35(33)47(37)32-12-6-5-7-13-32/h5-27H,3-4H2,1-2H3. The lowest BCUT2D eigenvalue weighted by molar-refractivity contribution is 0.953. The lowest BCUT2D eigenvalue weighted by Gasteiger charge is -2.11. The molecule has 0 bridgehead atoms. The maximum Gasteiger partial charge on any atom is 0.238 e. The fourth-order valence-electron chi connectivity index (χ4n) is 7.09. The summed E-state index contributed by atoms with van der Waals surface area (Å²) in [6.07, 6.45) is 1.96.